The minimum Gasteiger partial charge on any atom is -0.286 e. The number of hydrogen-bond donors (Lipinski definition) is 0. The van der Waals surface area contributed by atoms with Crippen LogP contribution in [0.4, 0.5) is 0 Å². The summed E-state index contributed by atoms with van der Waals surface area (Å²) in [5.41, 5.74) is 2.30. The molecule has 6 heteroatoms. The van der Waals surface area contributed by atoms with Crippen LogP contribution in [0.25, 0.3) is 5.82 Å². The van der Waals surface area contributed by atoms with Crippen LogP contribution in [0, 0.1) is 0 Å². The fraction of sp³-hybridized carbons (Fsp3) is 0.333. The summed E-state index contributed by atoms with van der Waals surface area (Å²) < 4.78 is 1.92. The number of aromatic nitrogens is 3. The number of pyridine rings is 1. The van der Waals surface area contributed by atoms with Crippen molar-refractivity contribution in [1.29, 1.82) is 0 Å². The molecule has 0 saturated carbocycles. The Morgan fingerprint density at radius 3 is 2.67 bits per heavy atom. The normalized spacial score (nSPS) is 14.6. The maximum Gasteiger partial charge on any atom is 0.158 e. The molecule has 0 spiro atoms. The summed E-state index contributed by atoms with van der Waals surface area (Å²) in [4.78, 5) is 8.66. The molecule has 3 nitrogen and oxygen atoms in total. The van der Waals surface area contributed by atoms with Crippen LogP contribution in [0.1, 0.15) is 24.2 Å². The van der Waals surface area contributed by atoms with Crippen molar-refractivity contribution in [2.24, 2.45) is 0 Å². The fourth-order valence-electron chi connectivity index (χ4n) is 2.26. The highest BCUT2D eigenvalue weighted by Crippen LogP contribution is 2.30. The molecule has 0 radical (unpaired) electrons. The van der Waals surface area contributed by atoms with Gasteiger partial charge >= 0.3 is 0 Å². The van der Waals surface area contributed by atoms with Gasteiger partial charge in [-0.1, -0.05) is 34.8 Å². The van der Waals surface area contributed by atoms with Crippen LogP contribution in [-0.2, 0) is 12.8 Å². The number of imidazole rings is 1. The Bertz CT molecular complexity index is 607. The zero-order valence-corrected chi connectivity index (χ0v) is 11.7. The van der Waals surface area contributed by atoms with E-state index in [4.69, 9.17) is 34.8 Å². The van der Waals surface area contributed by atoms with Gasteiger partial charge in [-0.25, -0.2) is 9.97 Å². The van der Waals surface area contributed by atoms with Crippen LogP contribution in [0.5, 0.6) is 0 Å². The van der Waals surface area contributed by atoms with Gasteiger partial charge in [0.15, 0.2) is 5.82 Å². The molecule has 0 aliphatic heterocycles. The molecule has 0 amide bonds. The quantitative estimate of drug-likeness (QED) is 0.742. The van der Waals surface area contributed by atoms with Crippen molar-refractivity contribution in [2.75, 3.05) is 0 Å². The minimum atomic E-state index is 0.259. The van der Waals surface area contributed by atoms with Gasteiger partial charge < -0.3 is 0 Å². The van der Waals surface area contributed by atoms with Crippen molar-refractivity contribution in [3.05, 3.63) is 39.0 Å². The summed E-state index contributed by atoms with van der Waals surface area (Å²) in [6, 6.07) is 1.61. The van der Waals surface area contributed by atoms with E-state index in [9.17, 15) is 0 Å². The third-order valence-corrected chi connectivity index (χ3v) is 4.08. The van der Waals surface area contributed by atoms with Crippen LogP contribution in [0.15, 0.2) is 12.4 Å². The average Bonchev–Trinajstić information content (AvgIpc) is 2.78. The molecule has 0 atom stereocenters. The first-order valence-corrected chi connectivity index (χ1v) is 6.87. The number of aryl methyl sites for hydroxylation is 1. The summed E-state index contributed by atoms with van der Waals surface area (Å²) in [5.74, 6) is 0.599. The van der Waals surface area contributed by atoms with Crippen molar-refractivity contribution >= 4 is 34.8 Å². The van der Waals surface area contributed by atoms with Crippen LogP contribution in [0.3, 0.4) is 0 Å². The van der Waals surface area contributed by atoms with E-state index < -0.39 is 0 Å². The predicted molar refractivity (Wildman–Crippen MR) is 73.0 cm³/mol. The van der Waals surface area contributed by atoms with Crippen LogP contribution < -0.4 is 0 Å². The number of fused-ring (bicyclic) bond motifs is 1. The standard InChI is InChI=1S/C12H10Cl3N3/c13-7-5-8(14)12(17-11(7)15)18-6-16-9-3-1-2-4-10(9)18/h5-6H,1-4H2. The highest BCUT2D eigenvalue weighted by molar-refractivity contribution is 6.42. The van der Waals surface area contributed by atoms with E-state index >= 15 is 0 Å². The molecule has 0 aromatic carbocycles. The first kappa shape index (κ1) is 12.3. The molecule has 0 unspecified atom stereocenters. The van der Waals surface area contributed by atoms with Gasteiger partial charge in [0.2, 0.25) is 0 Å². The van der Waals surface area contributed by atoms with E-state index in [1.54, 1.807) is 12.4 Å². The third kappa shape index (κ3) is 2.00. The molecule has 2 heterocycles. The molecule has 2 aromatic heterocycles. The van der Waals surface area contributed by atoms with Gasteiger partial charge in [0.05, 0.1) is 15.7 Å². The Kier molecular flexibility index (Phi) is 3.22. The summed E-state index contributed by atoms with van der Waals surface area (Å²) >= 11 is 18.0. The molecular formula is C12H10Cl3N3. The van der Waals surface area contributed by atoms with Gasteiger partial charge in [-0.3, -0.25) is 4.57 Å². The zero-order valence-electron chi connectivity index (χ0n) is 9.46. The van der Waals surface area contributed by atoms with E-state index in [0.29, 0.717) is 15.9 Å². The van der Waals surface area contributed by atoms with Gasteiger partial charge in [0.25, 0.3) is 0 Å². The topological polar surface area (TPSA) is 30.7 Å². The molecule has 18 heavy (non-hydrogen) atoms. The molecule has 3 rings (SSSR count). The minimum absolute atomic E-state index is 0.259. The van der Waals surface area contributed by atoms with Crippen LogP contribution in [-0.4, -0.2) is 14.5 Å². The van der Waals surface area contributed by atoms with E-state index in [0.717, 1.165) is 25.0 Å². The highest BCUT2D eigenvalue weighted by Gasteiger charge is 2.19. The first-order valence-electron chi connectivity index (χ1n) is 5.74. The van der Waals surface area contributed by atoms with Gasteiger partial charge in [-0.15, -0.1) is 0 Å². The van der Waals surface area contributed by atoms with E-state index in [2.05, 4.69) is 9.97 Å². The average molecular weight is 303 g/mol. The summed E-state index contributed by atoms with van der Waals surface area (Å²) in [7, 11) is 0. The number of rotatable bonds is 1. The maximum atomic E-state index is 6.18. The van der Waals surface area contributed by atoms with Gasteiger partial charge in [0, 0.05) is 5.69 Å². The lowest BCUT2D eigenvalue weighted by atomic mass is 10.0. The molecule has 0 fully saturated rings. The van der Waals surface area contributed by atoms with E-state index in [1.807, 2.05) is 4.57 Å². The highest BCUT2D eigenvalue weighted by atomic mass is 35.5. The molecular weight excluding hydrogens is 293 g/mol. The van der Waals surface area contributed by atoms with Crippen molar-refractivity contribution in [3.8, 4) is 5.82 Å². The lowest BCUT2D eigenvalue weighted by Gasteiger charge is -2.14. The van der Waals surface area contributed by atoms with Crippen molar-refractivity contribution < 1.29 is 0 Å². The molecule has 0 N–H and O–H groups in total. The molecule has 1 aliphatic rings. The third-order valence-electron chi connectivity index (χ3n) is 3.13. The number of nitrogens with zero attached hydrogens (tertiary/aromatic N) is 3. The molecule has 1 aliphatic carbocycles. The molecule has 2 aromatic rings. The largest absolute Gasteiger partial charge is 0.286 e. The van der Waals surface area contributed by atoms with Gasteiger partial charge in [-0.2, -0.15) is 0 Å². The zero-order chi connectivity index (χ0) is 12.7. The van der Waals surface area contributed by atoms with Crippen molar-refractivity contribution in [1.82, 2.24) is 14.5 Å². The Hall–Kier alpha value is -0.770. The smallest absolute Gasteiger partial charge is 0.158 e. The van der Waals surface area contributed by atoms with Crippen LogP contribution >= 0.6 is 34.8 Å². The fourth-order valence-corrected chi connectivity index (χ4v) is 2.84. The molecule has 94 valence electrons. The van der Waals surface area contributed by atoms with Gasteiger partial charge in [0.1, 0.15) is 11.5 Å². The Morgan fingerprint density at radius 2 is 1.83 bits per heavy atom. The lowest BCUT2D eigenvalue weighted by Crippen LogP contribution is -2.08. The second-order valence-electron chi connectivity index (χ2n) is 4.28. The summed E-state index contributed by atoms with van der Waals surface area (Å²) in [5, 5.41) is 1.10. The Morgan fingerprint density at radius 1 is 1.06 bits per heavy atom. The van der Waals surface area contributed by atoms with E-state index in [1.165, 1.54) is 12.1 Å². The Balaban J connectivity index is 2.15. The van der Waals surface area contributed by atoms with Crippen molar-refractivity contribution in [3.63, 3.8) is 0 Å². The van der Waals surface area contributed by atoms with Crippen LogP contribution in [0.2, 0.25) is 15.2 Å². The summed E-state index contributed by atoms with van der Waals surface area (Å²) in [6.45, 7) is 0. The predicted octanol–water partition coefficient (Wildman–Crippen LogP) is 4.11. The molecule has 0 saturated heterocycles. The Labute approximate surface area is 120 Å². The van der Waals surface area contributed by atoms with Gasteiger partial charge in [-0.05, 0) is 31.7 Å². The summed E-state index contributed by atoms with van der Waals surface area (Å²) in [6.07, 6.45) is 6.12. The second-order valence-corrected chi connectivity index (χ2v) is 5.45. The lowest BCUT2D eigenvalue weighted by molar-refractivity contribution is 0.654. The van der Waals surface area contributed by atoms with E-state index in [-0.39, 0.29) is 5.15 Å². The second kappa shape index (κ2) is 4.72. The monoisotopic (exact) mass is 301 g/mol. The first-order chi connectivity index (χ1) is 8.66. The molecule has 0 bridgehead atoms. The SMILES string of the molecule is Clc1cc(Cl)c(-n2cnc3c2CCCC3)nc1Cl. The van der Waals surface area contributed by atoms with Crippen molar-refractivity contribution in [2.45, 2.75) is 25.7 Å². The maximum absolute atomic E-state index is 6.18. The number of halogens is 3. The number of hydrogen-bond acceptors (Lipinski definition) is 2.